The first kappa shape index (κ1) is 4.41. The Bertz CT molecular complexity index is 588. The van der Waals surface area contributed by atoms with Crippen molar-refractivity contribution in [3.05, 3.63) is 18.5 Å². The number of rotatable bonds is 2. The number of nitrogens with zero attached hydrogens (tertiary/aromatic N) is 2. The predicted octanol–water partition coefficient (Wildman–Crippen LogP) is -1.40. The van der Waals surface area contributed by atoms with E-state index in [-0.39, 0.29) is 16.1 Å². The van der Waals surface area contributed by atoms with Crippen molar-refractivity contribution in [2.75, 3.05) is 31.0 Å². The highest BCUT2D eigenvalue weighted by atomic mass is 16.5. The number of ether oxygens (including phenoxy) is 1. The third kappa shape index (κ3) is 2.47. The molecule has 0 bridgehead atoms. The lowest BCUT2D eigenvalue weighted by Crippen LogP contribution is -2.38. The predicted molar refractivity (Wildman–Crippen MR) is 57.1 cm³/mol. The van der Waals surface area contributed by atoms with Crippen molar-refractivity contribution >= 4 is 18.3 Å². The second-order valence-corrected chi connectivity index (χ2v) is 2.72. The highest BCUT2D eigenvalue weighted by molar-refractivity contribution is 6.58. The molecule has 1 aliphatic heterocycles. The van der Waals surface area contributed by atoms with Crippen molar-refractivity contribution in [1.82, 2.24) is 4.98 Å². The van der Waals surface area contributed by atoms with E-state index < -0.39 is 33.2 Å². The van der Waals surface area contributed by atoms with Gasteiger partial charge in [0.15, 0.2) is 0 Å². The molecule has 0 unspecified atom stereocenters. The van der Waals surface area contributed by atoms with Crippen LogP contribution in [0.15, 0.2) is 18.5 Å². The van der Waals surface area contributed by atoms with E-state index in [1.165, 1.54) is 0 Å². The first-order valence-electron chi connectivity index (χ1n) is 8.06. The van der Waals surface area contributed by atoms with Crippen LogP contribution < -0.4 is 10.4 Å². The van der Waals surface area contributed by atoms with E-state index >= 15 is 0 Å². The SMILES string of the molecule is [2H]C1([2H])OC([2H])([2H])C([2H])([2H])N(c2cncc(B(O)O)c2)C1([2H])[2H]. The topological polar surface area (TPSA) is 65.8 Å². The molecule has 2 heterocycles. The molecule has 0 aromatic carbocycles. The minimum atomic E-state index is -3.18. The van der Waals surface area contributed by atoms with Gasteiger partial charge in [-0.2, -0.15) is 0 Å². The fourth-order valence-electron chi connectivity index (χ4n) is 1.03. The highest BCUT2D eigenvalue weighted by Gasteiger charge is 2.15. The molecule has 0 saturated carbocycles. The summed E-state index contributed by atoms with van der Waals surface area (Å²) in [5.41, 5.74) is -0.566. The lowest BCUT2D eigenvalue weighted by atomic mass is 9.81. The average molecular weight is 216 g/mol. The zero-order valence-electron chi connectivity index (χ0n) is 15.5. The van der Waals surface area contributed by atoms with Gasteiger partial charge in [0.1, 0.15) is 0 Å². The highest BCUT2D eigenvalue weighted by Crippen LogP contribution is 2.12. The zero-order chi connectivity index (χ0) is 17.8. The van der Waals surface area contributed by atoms with Crippen molar-refractivity contribution in [3.8, 4) is 0 Å². The molecular formula is C9H13BN2O3. The largest absolute Gasteiger partial charge is 0.490 e. The zero-order valence-corrected chi connectivity index (χ0v) is 7.51. The van der Waals surface area contributed by atoms with Gasteiger partial charge >= 0.3 is 7.12 Å². The van der Waals surface area contributed by atoms with Crippen molar-refractivity contribution < 1.29 is 25.8 Å². The van der Waals surface area contributed by atoms with Gasteiger partial charge in [0.25, 0.3) is 0 Å². The van der Waals surface area contributed by atoms with Gasteiger partial charge in [-0.3, -0.25) is 4.98 Å². The number of pyridine rings is 1. The molecule has 2 rings (SSSR count). The lowest BCUT2D eigenvalue weighted by molar-refractivity contribution is 0.122. The normalized spacial score (nSPS) is 37.9. The summed E-state index contributed by atoms with van der Waals surface area (Å²) >= 11 is 0. The van der Waals surface area contributed by atoms with Gasteiger partial charge in [-0.15, -0.1) is 0 Å². The van der Waals surface area contributed by atoms with Gasteiger partial charge in [0.2, 0.25) is 0 Å². The fraction of sp³-hybridized carbons (Fsp3) is 0.444. The van der Waals surface area contributed by atoms with E-state index in [9.17, 15) is 0 Å². The van der Waals surface area contributed by atoms with Crippen LogP contribution in [0.2, 0.25) is 0 Å². The van der Waals surface area contributed by atoms with E-state index in [1.54, 1.807) is 0 Å². The number of hydrogen-bond acceptors (Lipinski definition) is 5. The Balaban J connectivity index is 2.66. The number of anilines is 1. The van der Waals surface area contributed by atoms with Crippen molar-refractivity contribution in [2.45, 2.75) is 0 Å². The summed E-state index contributed by atoms with van der Waals surface area (Å²) in [5, 5.41) is 18.3. The Morgan fingerprint density at radius 2 is 2.13 bits per heavy atom. The van der Waals surface area contributed by atoms with Crippen LogP contribution >= 0.6 is 0 Å². The maximum absolute atomic E-state index is 9.15. The smallest absolute Gasteiger partial charge is 0.423 e. The van der Waals surface area contributed by atoms with Crippen molar-refractivity contribution in [2.24, 2.45) is 0 Å². The summed E-state index contributed by atoms with van der Waals surface area (Å²) in [4.78, 5) is 3.84. The molecule has 0 amide bonds. The molecule has 1 aromatic rings. The van der Waals surface area contributed by atoms with Crippen LogP contribution in [0.3, 0.4) is 0 Å². The molecule has 1 saturated heterocycles. The van der Waals surface area contributed by atoms with E-state index in [4.69, 9.17) is 21.0 Å². The van der Waals surface area contributed by atoms with E-state index in [2.05, 4.69) is 9.72 Å². The van der Waals surface area contributed by atoms with Crippen LogP contribution in [-0.2, 0) is 4.74 Å². The molecule has 6 heteroatoms. The summed E-state index contributed by atoms with van der Waals surface area (Å²) < 4.78 is 66.2. The van der Waals surface area contributed by atoms with Gasteiger partial charge in [-0.25, -0.2) is 0 Å². The molecule has 0 aliphatic carbocycles. The second-order valence-electron chi connectivity index (χ2n) is 2.72. The molecule has 80 valence electrons. The molecule has 5 nitrogen and oxygen atoms in total. The fourth-order valence-corrected chi connectivity index (χ4v) is 1.03. The number of aromatic nitrogens is 1. The summed E-state index contributed by atoms with van der Waals surface area (Å²) in [5.74, 6) is 0. The van der Waals surface area contributed by atoms with Crippen LogP contribution in [0.4, 0.5) is 5.69 Å². The average Bonchev–Trinajstić information content (AvgIpc) is 2.35. The summed E-state index contributed by atoms with van der Waals surface area (Å²) in [6.45, 7) is -12.6. The van der Waals surface area contributed by atoms with Gasteiger partial charge in [0, 0.05) is 24.7 Å². The molecular weight excluding hydrogens is 195 g/mol. The standard InChI is InChI=1S/C9H13BN2O3/c13-10(14)8-5-9(7-11-6-8)12-1-3-15-4-2-12/h5-7,13-14H,1-4H2/i1D2,2D2,3D2,4D2. The molecule has 1 aromatic heterocycles. The Morgan fingerprint density at radius 3 is 2.80 bits per heavy atom. The van der Waals surface area contributed by atoms with Crippen molar-refractivity contribution in [1.29, 1.82) is 0 Å². The number of hydrogen-bond donors (Lipinski definition) is 2. The summed E-state index contributed by atoms with van der Waals surface area (Å²) in [7, 11) is -1.96. The van der Waals surface area contributed by atoms with Crippen LogP contribution in [0.5, 0.6) is 0 Å². The molecule has 0 radical (unpaired) electrons. The van der Waals surface area contributed by atoms with E-state index in [1.807, 2.05) is 0 Å². The maximum Gasteiger partial charge on any atom is 0.490 e. The third-order valence-electron chi connectivity index (χ3n) is 1.72. The lowest BCUT2D eigenvalue weighted by Gasteiger charge is -2.28. The van der Waals surface area contributed by atoms with E-state index in [0.29, 0.717) is 0 Å². The molecule has 1 fully saturated rings. The van der Waals surface area contributed by atoms with Gasteiger partial charge in [-0.05, 0) is 6.07 Å². The number of morpholine rings is 1. The van der Waals surface area contributed by atoms with Gasteiger partial charge < -0.3 is 19.7 Å². The Morgan fingerprint density at radius 1 is 1.40 bits per heavy atom. The third-order valence-corrected chi connectivity index (χ3v) is 1.72. The maximum atomic E-state index is 9.15. The molecule has 15 heavy (non-hydrogen) atoms. The van der Waals surface area contributed by atoms with Crippen molar-refractivity contribution in [3.63, 3.8) is 0 Å². The first-order valence-corrected chi connectivity index (χ1v) is 4.06. The van der Waals surface area contributed by atoms with Crippen LogP contribution in [0.1, 0.15) is 11.0 Å². The first-order chi connectivity index (χ1) is 10.2. The summed E-state index contributed by atoms with van der Waals surface area (Å²) in [6.07, 6.45) is 2.00. The monoisotopic (exact) mass is 216 g/mol. The quantitative estimate of drug-likeness (QED) is 0.595. The second kappa shape index (κ2) is 4.61. The minimum Gasteiger partial charge on any atom is -0.423 e. The minimum absolute atomic E-state index is 0.193. The Labute approximate surface area is 99.7 Å². The van der Waals surface area contributed by atoms with Crippen LogP contribution in [-0.4, -0.2) is 48.3 Å². The van der Waals surface area contributed by atoms with Crippen LogP contribution in [0.25, 0.3) is 0 Å². The molecule has 0 atom stereocenters. The molecule has 0 spiro atoms. The Kier molecular flexibility index (Phi) is 1.35. The summed E-state index contributed by atoms with van der Waals surface area (Å²) in [6, 6.07) is 0.977. The van der Waals surface area contributed by atoms with Crippen LogP contribution in [0, 0.1) is 0 Å². The molecule has 1 aliphatic rings. The van der Waals surface area contributed by atoms with Gasteiger partial charge in [0.05, 0.1) is 36.0 Å². The molecule has 2 N–H and O–H groups in total. The Hall–Kier alpha value is -1.11. The van der Waals surface area contributed by atoms with Gasteiger partial charge in [-0.1, -0.05) is 0 Å². The van der Waals surface area contributed by atoms with E-state index in [0.717, 1.165) is 18.5 Å².